The predicted molar refractivity (Wildman–Crippen MR) is 103 cm³/mol. The summed E-state index contributed by atoms with van der Waals surface area (Å²) in [5, 5.41) is 4.35. The lowest BCUT2D eigenvalue weighted by molar-refractivity contribution is -0.137. The second-order valence-electron chi connectivity index (χ2n) is 5.79. The van der Waals surface area contributed by atoms with Crippen molar-refractivity contribution < 1.29 is 18.0 Å². The van der Waals surface area contributed by atoms with Crippen molar-refractivity contribution in [3.63, 3.8) is 0 Å². The number of nitrogens with zero attached hydrogens (tertiary/aromatic N) is 3. The van der Waals surface area contributed by atoms with Crippen LogP contribution < -0.4 is 5.43 Å². The third kappa shape index (κ3) is 4.53. The van der Waals surface area contributed by atoms with Crippen molar-refractivity contribution in [2.75, 3.05) is 5.75 Å². The second-order valence-corrected chi connectivity index (χ2v) is 6.74. The van der Waals surface area contributed by atoms with E-state index in [0.29, 0.717) is 11.7 Å². The minimum absolute atomic E-state index is 0.0432. The van der Waals surface area contributed by atoms with E-state index in [1.54, 1.807) is 0 Å². The first-order valence-corrected chi connectivity index (χ1v) is 9.45. The highest BCUT2D eigenvalue weighted by Gasteiger charge is 2.32. The van der Waals surface area contributed by atoms with Crippen LogP contribution in [0.1, 0.15) is 18.1 Å². The van der Waals surface area contributed by atoms with Gasteiger partial charge in [0.15, 0.2) is 5.16 Å². The largest absolute Gasteiger partial charge is 0.417 e. The first-order valence-electron chi connectivity index (χ1n) is 8.46. The van der Waals surface area contributed by atoms with Gasteiger partial charge in [0.05, 0.1) is 28.6 Å². The third-order valence-corrected chi connectivity index (χ3v) is 4.90. The molecule has 1 aromatic heterocycles. The summed E-state index contributed by atoms with van der Waals surface area (Å²) in [7, 11) is 0. The van der Waals surface area contributed by atoms with Gasteiger partial charge in [-0.15, -0.1) is 0 Å². The van der Waals surface area contributed by atoms with Crippen molar-refractivity contribution in [2.24, 2.45) is 5.10 Å². The fourth-order valence-corrected chi connectivity index (χ4v) is 3.54. The Morgan fingerprint density at radius 2 is 1.93 bits per heavy atom. The van der Waals surface area contributed by atoms with Gasteiger partial charge in [0.2, 0.25) is 0 Å². The summed E-state index contributed by atoms with van der Waals surface area (Å²) in [6.07, 6.45) is -3.49. The predicted octanol–water partition coefficient (Wildman–Crippen LogP) is 4.32. The summed E-state index contributed by atoms with van der Waals surface area (Å²) in [6, 6.07) is 12.7. The number of imidazole rings is 1. The number of carbonyl (C=O) groups excluding carboxylic acids is 1. The van der Waals surface area contributed by atoms with Crippen LogP contribution in [0.25, 0.3) is 11.0 Å². The summed E-state index contributed by atoms with van der Waals surface area (Å²) in [4.78, 5) is 16.5. The number of fused-ring (bicyclic) bond motifs is 1. The number of rotatable bonds is 6. The van der Waals surface area contributed by atoms with Gasteiger partial charge in [0.25, 0.3) is 5.91 Å². The lowest BCUT2D eigenvalue weighted by Gasteiger charge is -2.09. The molecule has 0 atom stereocenters. The number of hydrazone groups is 1. The van der Waals surface area contributed by atoms with E-state index in [9.17, 15) is 18.0 Å². The molecule has 0 saturated heterocycles. The minimum atomic E-state index is -4.48. The number of nitrogens with one attached hydrogen (secondary N) is 1. The van der Waals surface area contributed by atoms with Crippen molar-refractivity contribution in [3.8, 4) is 0 Å². The van der Waals surface area contributed by atoms with E-state index < -0.39 is 17.6 Å². The molecule has 1 N–H and O–H groups in total. The quantitative estimate of drug-likeness (QED) is 0.377. The Morgan fingerprint density at radius 1 is 1.21 bits per heavy atom. The van der Waals surface area contributed by atoms with Crippen molar-refractivity contribution in [2.45, 2.75) is 24.8 Å². The van der Waals surface area contributed by atoms with Gasteiger partial charge in [-0.2, -0.15) is 18.3 Å². The maximum atomic E-state index is 12.9. The molecule has 0 spiro atoms. The number of amides is 1. The zero-order valence-corrected chi connectivity index (χ0v) is 15.7. The monoisotopic (exact) mass is 406 g/mol. The van der Waals surface area contributed by atoms with Gasteiger partial charge < -0.3 is 4.57 Å². The molecule has 3 rings (SSSR count). The van der Waals surface area contributed by atoms with E-state index >= 15 is 0 Å². The van der Waals surface area contributed by atoms with Crippen LogP contribution in [-0.4, -0.2) is 27.4 Å². The molecule has 0 saturated carbocycles. The van der Waals surface area contributed by atoms with E-state index in [2.05, 4.69) is 15.5 Å². The summed E-state index contributed by atoms with van der Waals surface area (Å²) in [5.74, 6) is -0.387. The zero-order valence-electron chi connectivity index (χ0n) is 14.9. The highest BCUT2D eigenvalue weighted by molar-refractivity contribution is 7.99. The first-order chi connectivity index (χ1) is 13.4. The molecule has 2 aromatic carbocycles. The Morgan fingerprint density at radius 3 is 2.68 bits per heavy atom. The van der Waals surface area contributed by atoms with Gasteiger partial charge in [0, 0.05) is 12.1 Å². The zero-order chi connectivity index (χ0) is 20.1. The molecular weight excluding hydrogens is 389 g/mol. The maximum Gasteiger partial charge on any atom is 0.417 e. The Kier molecular flexibility index (Phi) is 6.03. The van der Waals surface area contributed by atoms with Crippen LogP contribution in [0.3, 0.4) is 0 Å². The molecule has 3 aromatic rings. The molecule has 1 heterocycles. The van der Waals surface area contributed by atoms with Gasteiger partial charge in [-0.1, -0.05) is 42.1 Å². The summed E-state index contributed by atoms with van der Waals surface area (Å²) >= 11 is 1.25. The lowest BCUT2D eigenvalue weighted by atomic mass is 10.1. The van der Waals surface area contributed by atoms with E-state index in [-0.39, 0.29) is 11.3 Å². The standard InChI is InChI=1S/C19H17F3N4OS/c1-2-26-16-10-6-5-9-15(16)24-18(26)28-12-17(27)25-23-11-13-7-3-4-8-14(13)19(20,21)22/h3-11H,2,12H2,1H3,(H,25,27)/b23-11-. The molecule has 0 aliphatic heterocycles. The summed E-state index contributed by atoms with van der Waals surface area (Å²) in [5.41, 5.74) is 3.16. The number of carbonyl (C=O) groups is 1. The van der Waals surface area contributed by atoms with Crippen LogP contribution >= 0.6 is 11.8 Å². The second kappa shape index (κ2) is 8.47. The Labute approximate surface area is 163 Å². The van der Waals surface area contributed by atoms with Gasteiger partial charge in [0.1, 0.15) is 0 Å². The van der Waals surface area contributed by atoms with Crippen LogP contribution in [0.5, 0.6) is 0 Å². The Hall–Kier alpha value is -2.81. The molecule has 0 fully saturated rings. The van der Waals surface area contributed by atoms with Gasteiger partial charge >= 0.3 is 6.18 Å². The van der Waals surface area contributed by atoms with E-state index in [1.807, 2.05) is 35.8 Å². The number of halogens is 3. The molecule has 146 valence electrons. The molecule has 0 aliphatic rings. The lowest BCUT2D eigenvalue weighted by Crippen LogP contribution is -2.20. The van der Waals surface area contributed by atoms with Crippen molar-refractivity contribution in [1.29, 1.82) is 0 Å². The van der Waals surface area contributed by atoms with Crippen molar-refractivity contribution >= 4 is 34.9 Å². The maximum absolute atomic E-state index is 12.9. The number of thioether (sulfide) groups is 1. The molecule has 0 unspecified atom stereocenters. The summed E-state index contributed by atoms with van der Waals surface area (Å²) < 4.78 is 40.8. The highest BCUT2D eigenvalue weighted by atomic mass is 32.2. The van der Waals surface area contributed by atoms with E-state index in [4.69, 9.17) is 0 Å². The van der Waals surface area contributed by atoms with E-state index in [1.165, 1.54) is 30.0 Å². The minimum Gasteiger partial charge on any atom is -0.319 e. The number of alkyl halides is 3. The van der Waals surface area contributed by atoms with Gasteiger partial charge in [-0.3, -0.25) is 4.79 Å². The number of hydrogen-bond donors (Lipinski definition) is 1. The fourth-order valence-electron chi connectivity index (χ4n) is 2.67. The van der Waals surface area contributed by atoms with Gasteiger partial charge in [-0.05, 0) is 25.1 Å². The van der Waals surface area contributed by atoms with Crippen molar-refractivity contribution in [3.05, 3.63) is 59.7 Å². The molecule has 0 aliphatic carbocycles. The molecule has 1 amide bonds. The molecule has 0 bridgehead atoms. The van der Waals surface area contributed by atoms with Crippen LogP contribution in [0.4, 0.5) is 13.2 Å². The SMILES string of the molecule is CCn1c(SCC(=O)N/N=C\c2ccccc2C(F)(F)F)nc2ccccc21. The van der Waals surface area contributed by atoms with Crippen LogP contribution in [0, 0.1) is 0 Å². The molecule has 0 radical (unpaired) electrons. The van der Waals surface area contributed by atoms with Gasteiger partial charge in [-0.25, -0.2) is 10.4 Å². The van der Waals surface area contributed by atoms with Crippen molar-refractivity contribution in [1.82, 2.24) is 15.0 Å². The molecule has 28 heavy (non-hydrogen) atoms. The number of aromatic nitrogens is 2. The molecule has 5 nitrogen and oxygen atoms in total. The number of hydrogen-bond acceptors (Lipinski definition) is 4. The Bertz CT molecular complexity index is 1010. The smallest absolute Gasteiger partial charge is 0.319 e. The van der Waals surface area contributed by atoms with E-state index in [0.717, 1.165) is 23.3 Å². The third-order valence-electron chi connectivity index (χ3n) is 3.93. The number of benzene rings is 2. The topological polar surface area (TPSA) is 59.3 Å². The van der Waals surface area contributed by atoms with Crippen LogP contribution in [-0.2, 0) is 17.5 Å². The summed E-state index contributed by atoms with van der Waals surface area (Å²) in [6.45, 7) is 2.69. The van der Waals surface area contributed by atoms with Crippen LogP contribution in [0.2, 0.25) is 0 Å². The molecule has 9 heteroatoms. The first kappa shape index (κ1) is 19.9. The number of para-hydroxylation sites is 2. The highest BCUT2D eigenvalue weighted by Crippen LogP contribution is 2.31. The average molecular weight is 406 g/mol. The molecular formula is C19H17F3N4OS. The van der Waals surface area contributed by atoms with Crippen LogP contribution in [0.15, 0.2) is 58.8 Å². The fraction of sp³-hybridized carbons (Fsp3) is 0.211. The number of aryl methyl sites for hydroxylation is 1. The normalized spacial score (nSPS) is 12.0. The Balaban J connectivity index is 1.62. The average Bonchev–Trinajstić information content (AvgIpc) is 3.03.